The number of nitrogens with zero attached hydrogens (tertiary/aromatic N) is 1. The van der Waals surface area contributed by atoms with Gasteiger partial charge in [-0.05, 0) is 19.3 Å². The maximum atomic E-state index is 12.9. The Hall–Kier alpha value is -1.19. The zero-order valence-electron chi connectivity index (χ0n) is 13.8. The average molecular weight is 301 g/mol. The molecule has 1 unspecified atom stereocenters. The molecular formula is C19H27NO2. The molecule has 2 aliphatic heterocycles. The molecule has 0 radical (unpaired) electrons. The Kier molecular flexibility index (Phi) is 4.37. The predicted molar refractivity (Wildman–Crippen MR) is 87.1 cm³/mol. The molecule has 22 heavy (non-hydrogen) atoms. The fraction of sp³-hybridized carbons (Fsp3) is 0.632. The smallest absolute Gasteiger partial charge is 0.191 e. The summed E-state index contributed by atoms with van der Waals surface area (Å²) in [6, 6.07) is 10.4. The van der Waals surface area contributed by atoms with E-state index in [1.54, 1.807) is 0 Å². The fourth-order valence-electron chi connectivity index (χ4n) is 3.95. The second kappa shape index (κ2) is 6.13. The molecule has 3 atom stereocenters. The topological polar surface area (TPSA) is 32.6 Å². The molecule has 3 rings (SSSR count). The highest BCUT2D eigenvalue weighted by Gasteiger charge is 2.71. The van der Waals surface area contributed by atoms with Crippen molar-refractivity contribution in [2.45, 2.75) is 76.5 Å². The minimum Gasteiger partial charge on any atom is -0.298 e. The molecule has 2 heterocycles. The summed E-state index contributed by atoms with van der Waals surface area (Å²) in [5.74, 6) is 0.376. The highest BCUT2D eigenvalue weighted by molar-refractivity contribution is 5.89. The van der Waals surface area contributed by atoms with Gasteiger partial charge in [0.15, 0.2) is 11.5 Å². The van der Waals surface area contributed by atoms with Crippen molar-refractivity contribution >= 4 is 5.78 Å². The fourth-order valence-corrected chi connectivity index (χ4v) is 3.95. The van der Waals surface area contributed by atoms with Crippen molar-refractivity contribution in [1.82, 2.24) is 5.06 Å². The van der Waals surface area contributed by atoms with Crippen molar-refractivity contribution in [2.75, 3.05) is 0 Å². The van der Waals surface area contributed by atoms with Crippen LogP contribution in [0.3, 0.4) is 0 Å². The van der Waals surface area contributed by atoms with Gasteiger partial charge in [0.2, 0.25) is 0 Å². The summed E-state index contributed by atoms with van der Waals surface area (Å²) < 4.78 is 0. The lowest BCUT2D eigenvalue weighted by Gasteiger charge is -2.28. The molecule has 2 aliphatic rings. The first-order valence-electron chi connectivity index (χ1n) is 8.78. The van der Waals surface area contributed by atoms with E-state index < -0.39 is 0 Å². The van der Waals surface area contributed by atoms with Crippen LogP contribution < -0.4 is 0 Å². The van der Waals surface area contributed by atoms with E-state index in [4.69, 9.17) is 4.84 Å². The molecule has 120 valence electrons. The Morgan fingerprint density at radius 1 is 1.14 bits per heavy atom. The van der Waals surface area contributed by atoms with E-state index in [2.05, 4.69) is 38.1 Å². The predicted octanol–water partition coefficient (Wildman–Crippen LogP) is 4.57. The van der Waals surface area contributed by atoms with Gasteiger partial charge < -0.3 is 0 Å². The quantitative estimate of drug-likeness (QED) is 0.521. The third-order valence-electron chi connectivity index (χ3n) is 5.22. The number of carbonyl (C=O) groups excluding carboxylic acids is 1. The second-order valence-electron chi connectivity index (χ2n) is 6.70. The maximum Gasteiger partial charge on any atom is 0.191 e. The number of Topliss-reactive ketones (excluding diaryl/α,β-unsaturated/α-hetero) is 1. The third kappa shape index (κ3) is 2.40. The molecule has 0 bridgehead atoms. The van der Waals surface area contributed by atoms with Crippen molar-refractivity contribution < 1.29 is 9.63 Å². The van der Waals surface area contributed by atoms with Crippen LogP contribution in [-0.2, 0) is 15.4 Å². The van der Waals surface area contributed by atoms with Crippen LogP contribution >= 0.6 is 0 Å². The largest absolute Gasteiger partial charge is 0.298 e. The molecule has 1 aromatic carbocycles. The summed E-state index contributed by atoms with van der Waals surface area (Å²) in [7, 11) is 0. The van der Waals surface area contributed by atoms with Crippen molar-refractivity contribution in [2.24, 2.45) is 0 Å². The van der Waals surface area contributed by atoms with Gasteiger partial charge in [-0.25, -0.2) is 0 Å². The number of unbranched alkanes of at least 4 members (excludes halogenated alkanes) is 2. The first-order valence-corrected chi connectivity index (χ1v) is 8.78. The van der Waals surface area contributed by atoms with Gasteiger partial charge in [-0.3, -0.25) is 9.63 Å². The summed E-state index contributed by atoms with van der Waals surface area (Å²) in [5, 5.41) is 2.04. The summed E-state index contributed by atoms with van der Waals surface area (Å²) in [4.78, 5) is 18.9. The summed E-state index contributed by atoms with van der Waals surface area (Å²) >= 11 is 0. The van der Waals surface area contributed by atoms with E-state index in [-0.39, 0.29) is 11.3 Å². The molecular weight excluding hydrogens is 274 g/mol. The van der Waals surface area contributed by atoms with Gasteiger partial charge in [-0.2, -0.15) is 0 Å². The molecule has 2 saturated heterocycles. The lowest BCUT2D eigenvalue weighted by molar-refractivity contribution is -0.132. The lowest BCUT2D eigenvalue weighted by atomic mass is 9.84. The van der Waals surface area contributed by atoms with E-state index >= 15 is 0 Å². The van der Waals surface area contributed by atoms with E-state index in [1.165, 1.54) is 18.4 Å². The Balaban J connectivity index is 1.82. The number of ketones is 1. The number of fused-ring (bicyclic) bond motifs is 1. The number of carbonyl (C=O) groups is 1. The normalized spacial score (nSPS) is 32.7. The van der Waals surface area contributed by atoms with E-state index in [0.29, 0.717) is 12.2 Å². The van der Waals surface area contributed by atoms with Crippen LogP contribution in [0.25, 0.3) is 0 Å². The van der Waals surface area contributed by atoms with Gasteiger partial charge in [0.1, 0.15) is 5.54 Å². The van der Waals surface area contributed by atoms with Gasteiger partial charge >= 0.3 is 0 Å². The van der Waals surface area contributed by atoms with Crippen LogP contribution in [0.4, 0.5) is 0 Å². The van der Waals surface area contributed by atoms with Crippen molar-refractivity contribution in [1.29, 1.82) is 0 Å². The van der Waals surface area contributed by atoms with Crippen LogP contribution in [0.1, 0.15) is 70.8 Å². The molecule has 0 N–H and O–H groups in total. The summed E-state index contributed by atoms with van der Waals surface area (Å²) in [5.41, 5.74) is 0.495. The Morgan fingerprint density at radius 2 is 1.91 bits per heavy atom. The molecule has 0 aliphatic carbocycles. The van der Waals surface area contributed by atoms with Crippen LogP contribution in [-0.4, -0.2) is 16.4 Å². The molecule has 0 aromatic heterocycles. The van der Waals surface area contributed by atoms with E-state index in [0.717, 1.165) is 32.1 Å². The molecule has 0 saturated carbocycles. The first-order chi connectivity index (χ1) is 10.7. The number of rotatable bonds is 8. The standard InChI is InChI=1S/C19H27NO2/c1-3-5-9-13-18(17(21)10-4-2)14-15-19(20(18)22-19)16-11-7-6-8-12-16/h6-8,11-12H,3-5,9-10,13-15H2,1-2H3/t18-,19+,20?/m1/s1. The van der Waals surface area contributed by atoms with Crippen LogP contribution in [0.5, 0.6) is 0 Å². The van der Waals surface area contributed by atoms with Gasteiger partial charge in [0.25, 0.3) is 0 Å². The van der Waals surface area contributed by atoms with Crippen LogP contribution in [0.2, 0.25) is 0 Å². The molecule has 0 amide bonds. The highest BCUT2D eigenvalue weighted by Crippen LogP contribution is 2.62. The van der Waals surface area contributed by atoms with Gasteiger partial charge in [-0.15, -0.1) is 5.06 Å². The van der Waals surface area contributed by atoms with E-state index in [9.17, 15) is 4.79 Å². The van der Waals surface area contributed by atoms with Crippen LogP contribution in [0.15, 0.2) is 30.3 Å². The number of hydrogen-bond acceptors (Lipinski definition) is 3. The van der Waals surface area contributed by atoms with Crippen LogP contribution in [0, 0.1) is 0 Å². The molecule has 0 spiro atoms. The minimum atomic E-state index is -0.374. The van der Waals surface area contributed by atoms with Gasteiger partial charge in [0.05, 0.1) is 0 Å². The Labute approximate surface area is 133 Å². The Morgan fingerprint density at radius 3 is 2.55 bits per heavy atom. The highest BCUT2D eigenvalue weighted by atomic mass is 16.9. The van der Waals surface area contributed by atoms with E-state index in [1.807, 2.05) is 11.1 Å². The van der Waals surface area contributed by atoms with Gasteiger partial charge in [0, 0.05) is 18.4 Å². The van der Waals surface area contributed by atoms with Gasteiger partial charge in [-0.1, -0.05) is 63.4 Å². The lowest BCUT2D eigenvalue weighted by Crippen LogP contribution is -2.44. The first kappa shape index (κ1) is 15.7. The number of benzene rings is 1. The van der Waals surface area contributed by atoms with Crippen molar-refractivity contribution in [3.8, 4) is 0 Å². The molecule has 2 fully saturated rings. The van der Waals surface area contributed by atoms with Crippen molar-refractivity contribution in [3.05, 3.63) is 35.9 Å². The molecule has 1 aromatic rings. The molecule has 3 heteroatoms. The summed E-state index contributed by atoms with van der Waals surface area (Å²) in [6.45, 7) is 4.29. The SMILES string of the molecule is CCCCC[C@]1(C(=O)CCC)CC[C@@]2(c3ccccc3)ON12. The molecule has 3 nitrogen and oxygen atoms in total. The third-order valence-corrected chi connectivity index (χ3v) is 5.22. The zero-order chi connectivity index (χ0) is 15.6. The average Bonchev–Trinajstić information content (AvgIpc) is 3.21. The number of hydroxylamine groups is 2. The minimum absolute atomic E-state index is 0.323. The summed E-state index contributed by atoms with van der Waals surface area (Å²) in [6.07, 6.45) is 7.86. The number of hydrogen-bond donors (Lipinski definition) is 0. The zero-order valence-corrected chi connectivity index (χ0v) is 13.8. The second-order valence-corrected chi connectivity index (χ2v) is 6.70. The monoisotopic (exact) mass is 301 g/mol. The maximum absolute atomic E-state index is 12.9. The Bertz CT molecular complexity index is 529. The van der Waals surface area contributed by atoms with Crippen molar-refractivity contribution in [3.63, 3.8) is 0 Å².